The number of hydrogen-bond donors (Lipinski definition) is 1. The Kier molecular flexibility index (Phi) is 7.32. The van der Waals surface area contributed by atoms with Crippen LogP contribution in [0.3, 0.4) is 0 Å². The van der Waals surface area contributed by atoms with Crippen LogP contribution in [0.25, 0.3) is 11.3 Å². The molecule has 0 aliphatic rings. The van der Waals surface area contributed by atoms with Gasteiger partial charge in [-0.3, -0.25) is 9.59 Å². The fourth-order valence-electron chi connectivity index (χ4n) is 2.61. The molecule has 0 unspecified atom stereocenters. The molecule has 0 atom stereocenters. The van der Waals surface area contributed by atoms with Crippen LogP contribution >= 0.6 is 23.2 Å². The Morgan fingerprint density at radius 2 is 1.87 bits per heavy atom. The lowest BCUT2D eigenvalue weighted by Crippen LogP contribution is -2.34. The summed E-state index contributed by atoms with van der Waals surface area (Å²) in [4.78, 5) is 24.1. The van der Waals surface area contributed by atoms with Gasteiger partial charge in [0.15, 0.2) is 6.61 Å². The third kappa shape index (κ3) is 5.75. The van der Waals surface area contributed by atoms with Crippen LogP contribution in [0.5, 0.6) is 11.5 Å². The maximum absolute atomic E-state index is 12.1. The Bertz CT molecular complexity index is 1080. The predicted octanol–water partition coefficient (Wildman–Crippen LogP) is 3.42. The number of aromatic nitrogens is 2. The van der Waals surface area contributed by atoms with Gasteiger partial charge >= 0.3 is 0 Å². The molecule has 9 heteroatoms. The summed E-state index contributed by atoms with van der Waals surface area (Å²) in [5.74, 6) is 0.700. The number of amides is 1. The van der Waals surface area contributed by atoms with Crippen molar-refractivity contribution in [1.82, 2.24) is 15.1 Å². The first-order chi connectivity index (χ1) is 14.5. The summed E-state index contributed by atoms with van der Waals surface area (Å²) in [6.45, 7) is 0.200. The summed E-state index contributed by atoms with van der Waals surface area (Å²) in [7, 11) is 1.59. The summed E-state index contributed by atoms with van der Waals surface area (Å²) >= 11 is 11.9. The molecule has 0 aliphatic heterocycles. The van der Waals surface area contributed by atoms with Crippen LogP contribution in [-0.4, -0.2) is 35.9 Å². The molecule has 0 saturated heterocycles. The Morgan fingerprint density at radius 3 is 2.60 bits per heavy atom. The van der Waals surface area contributed by atoms with Crippen molar-refractivity contribution < 1.29 is 14.3 Å². The maximum Gasteiger partial charge on any atom is 0.266 e. The van der Waals surface area contributed by atoms with E-state index in [1.54, 1.807) is 25.3 Å². The summed E-state index contributed by atoms with van der Waals surface area (Å²) in [6.07, 6.45) is 0. The molecule has 156 valence electrons. The predicted molar refractivity (Wildman–Crippen MR) is 115 cm³/mol. The van der Waals surface area contributed by atoms with Crippen molar-refractivity contribution in [2.45, 2.75) is 6.54 Å². The van der Waals surface area contributed by atoms with Crippen LogP contribution in [0.15, 0.2) is 59.4 Å². The summed E-state index contributed by atoms with van der Waals surface area (Å²) in [5, 5.41) is 7.85. The smallest absolute Gasteiger partial charge is 0.266 e. The van der Waals surface area contributed by atoms with Crippen LogP contribution in [0.2, 0.25) is 10.0 Å². The zero-order valence-electron chi connectivity index (χ0n) is 16.1. The lowest BCUT2D eigenvalue weighted by molar-refractivity contribution is -0.123. The maximum atomic E-state index is 12.1. The Morgan fingerprint density at radius 1 is 1.10 bits per heavy atom. The highest BCUT2D eigenvalue weighted by Gasteiger charge is 2.08. The molecule has 0 aliphatic carbocycles. The zero-order chi connectivity index (χ0) is 21.5. The molecule has 1 N–H and O–H groups in total. The van der Waals surface area contributed by atoms with Crippen molar-refractivity contribution in [2.24, 2.45) is 0 Å². The zero-order valence-corrected chi connectivity index (χ0v) is 17.6. The summed E-state index contributed by atoms with van der Waals surface area (Å²) in [5.41, 5.74) is 1.23. The molecular weight excluding hydrogens is 429 g/mol. The fraction of sp³-hybridized carbons (Fsp3) is 0.190. The van der Waals surface area contributed by atoms with E-state index in [1.165, 1.54) is 16.8 Å². The molecule has 1 heterocycles. The Hall–Kier alpha value is -3.03. The number of benzene rings is 2. The second kappa shape index (κ2) is 10.1. The van der Waals surface area contributed by atoms with Crippen molar-refractivity contribution in [3.8, 4) is 22.8 Å². The number of rotatable bonds is 8. The molecule has 1 aromatic heterocycles. The first-order valence-corrected chi connectivity index (χ1v) is 9.79. The molecule has 0 bridgehead atoms. The minimum Gasteiger partial charge on any atom is -0.497 e. The number of carbonyl (C=O) groups is 1. The SMILES string of the molecule is COc1ccc(-c2ccc(=O)n(CCNC(=O)COc3cc(Cl)ccc3Cl)n2)cc1. The van der Waals surface area contributed by atoms with E-state index in [1.807, 2.05) is 24.3 Å². The van der Waals surface area contributed by atoms with Gasteiger partial charge < -0.3 is 14.8 Å². The molecule has 1 amide bonds. The van der Waals surface area contributed by atoms with Crippen LogP contribution < -0.4 is 20.3 Å². The van der Waals surface area contributed by atoms with Crippen molar-refractivity contribution in [3.63, 3.8) is 0 Å². The first-order valence-electron chi connectivity index (χ1n) is 9.03. The highest BCUT2D eigenvalue weighted by atomic mass is 35.5. The Labute approximate surface area is 183 Å². The van der Waals surface area contributed by atoms with Gasteiger partial charge in [0.2, 0.25) is 0 Å². The third-order valence-electron chi connectivity index (χ3n) is 4.15. The second-order valence-electron chi connectivity index (χ2n) is 6.22. The Balaban J connectivity index is 1.55. The van der Waals surface area contributed by atoms with E-state index in [0.717, 1.165) is 11.3 Å². The standard InChI is InChI=1S/C21H19Cl2N3O4/c1-29-16-5-2-14(3-6-16)18-8-9-21(28)26(25-18)11-10-24-20(27)13-30-19-12-15(22)4-7-17(19)23/h2-9,12H,10-11,13H2,1H3,(H,24,27). The van der Waals surface area contributed by atoms with Crippen LogP contribution in [0.4, 0.5) is 0 Å². The minimum absolute atomic E-state index is 0.213. The van der Waals surface area contributed by atoms with Crippen molar-refractivity contribution in [3.05, 3.63) is 75.0 Å². The van der Waals surface area contributed by atoms with Gasteiger partial charge in [-0.2, -0.15) is 5.10 Å². The first kappa shape index (κ1) is 21.7. The molecule has 0 fully saturated rings. The molecule has 30 heavy (non-hydrogen) atoms. The molecule has 0 spiro atoms. The van der Waals surface area contributed by atoms with Gasteiger partial charge in [-0.15, -0.1) is 0 Å². The van der Waals surface area contributed by atoms with Crippen LogP contribution in [0, 0.1) is 0 Å². The van der Waals surface area contributed by atoms with Gasteiger partial charge in [0.25, 0.3) is 11.5 Å². The van der Waals surface area contributed by atoms with Crippen molar-refractivity contribution in [1.29, 1.82) is 0 Å². The number of carbonyl (C=O) groups excluding carboxylic acids is 1. The van der Waals surface area contributed by atoms with Gasteiger partial charge in [-0.25, -0.2) is 4.68 Å². The van der Waals surface area contributed by atoms with E-state index >= 15 is 0 Å². The highest BCUT2D eigenvalue weighted by molar-refractivity contribution is 6.34. The second-order valence-corrected chi connectivity index (χ2v) is 7.07. The summed E-state index contributed by atoms with van der Waals surface area (Å²) in [6, 6.07) is 15.2. The average molecular weight is 448 g/mol. The number of ether oxygens (including phenoxy) is 2. The number of halogens is 2. The van der Waals surface area contributed by atoms with Crippen LogP contribution in [0.1, 0.15) is 0 Å². The van der Waals surface area contributed by atoms with E-state index in [4.69, 9.17) is 32.7 Å². The molecule has 0 saturated carbocycles. The normalized spacial score (nSPS) is 10.5. The largest absolute Gasteiger partial charge is 0.497 e. The van der Waals surface area contributed by atoms with Gasteiger partial charge in [0, 0.05) is 29.3 Å². The molecular formula is C21H19Cl2N3O4. The third-order valence-corrected chi connectivity index (χ3v) is 4.70. The minimum atomic E-state index is -0.356. The number of nitrogens with zero attached hydrogens (tertiary/aromatic N) is 2. The van der Waals surface area contributed by atoms with E-state index in [0.29, 0.717) is 21.5 Å². The monoisotopic (exact) mass is 447 g/mol. The number of methoxy groups -OCH3 is 1. The highest BCUT2D eigenvalue weighted by Crippen LogP contribution is 2.27. The van der Waals surface area contributed by atoms with Crippen molar-refractivity contribution >= 4 is 29.1 Å². The van der Waals surface area contributed by atoms with Gasteiger partial charge in [-0.05, 0) is 42.5 Å². The van der Waals surface area contributed by atoms with E-state index in [9.17, 15) is 9.59 Å². The molecule has 3 aromatic rings. The number of hydrogen-bond acceptors (Lipinski definition) is 5. The molecule has 2 aromatic carbocycles. The lowest BCUT2D eigenvalue weighted by atomic mass is 10.1. The lowest BCUT2D eigenvalue weighted by Gasteiger charge is -2.10. The molecule has 3 rings (SSSR count). The van der Waals surface area contributed by atoms with Gasteiger partial charge in [-0.1, -0.05) is 23.2 Å². The van der Waals surface area contributed by atoms with Gasteiger partial charge in [0.05, 0.1) is 24.4 Å². The fourth-order valence-corrected chi connectivity index (χ4v) is 2.94. The van der Waals surface area contributed by atoms with Gasteiger partial charge in [0.1, 0.15) is 11.5 Å². The summed E-state index contributed by atoms with van der Waals surface area (Å²) < 4.78 is 11.8. The van der Waals surface area contributed by atoms with E-state index < -0.39 is 0 Å². The quantitative estimate of drug-likeness (QED) is 0.571. The molecule has 0 radical (unpaired) electrons. The van der Waals surface area contributed by atoms with E-state index in [-0.39, 0.29) is 31.2 Å². The molecule has 7 nitrogen and oxygen atoms in total. The topological polar surface area (TPSA) is 82.5 Å². The van der Waals surface area contributed by atoms with Crippen LogP contribution in [-0.2, 0) is 11.3 Å². The average Bonchev–Trinajstić information content (AvgIpc) is 2.75. The van der Waals surface area contributed by atoms with Crippen molar-refractivity contribution in [2.75, 3.05) is 20.3 Å². The van der Waals surface area contributed by atoms with E-state index in [2.05, 4.69) is 10.4 Å². The number of nitrogens with one attached hydrogen (secondary N) is 1.